The molecular formula is C20H18BrN3O. The maximum atomic E-state index is 13.5. The predicted octanol–water partition coefficient (Wildman–Crippen LogP) is 4.27. The first-order chi connectivity index (χ1) is 12.2. The van der Waals surface area contributed by atoms with Crippen LogP contribution in [0.5, 0.6) is 0 Å². The summed E-state index contributed by atoms with van der Waals surface area (Å²) >= 11 is 3.49. The van der Waals surface area contributed by atoms with Crippen LogP contribution in [0.2, 0.25) is 0 Å². The quantitative estimate of drug-likeness (QED) is 0.649. The van der Waals surface area contributed by atoms with Crippen LogP contribution in [0, 0.1) is 0 Å². The number of halogens is 1. The van der Waals surface area contributed by atoms with E-state index < -0.39 is 0 Å². The van der Waals surface area contributed by atoms with Crippen LogP contribution in [0.1, 0.15) is 24.8 Å². The molecule has 2 aliphatic rings. The van der Waals surface area contributed by atoms with Crippen LogP contribution in [0.25, 0.3) is 11.0 Å². The van der Waals surface area contributed by atoms with Crippen LogP contribution in [0.3, 0.4) is 0 Å². The van der Waals surface area contributed by atoms with Crippen molar-refractivity contribution < 1.29 is 4.79 Å². The van der Waals surface area contributed by atoms with Gasteiger partial charge in [0, 0.05) is 17.6 Å². The van der Waals surface area contributed by atoms with Gasteiger partial charge in [-0.15, -0.1) is 0 Å². The van der Waals surface area contributed by atoms with Crippen LogP contribution >= 0.6 is 15.9 Å². The van der Waals surface area contributed by atoms with Gasteiger partial charge < -0.3 is 4.57 Å². The minimum absolute atomic E-state index is 0.204. The van der Waals surface area contributed by atoms with Gasteiger partial charge in [0.15, 0.2) is 0 Å². The summed E-state index contributed by atoms with van der Waals surface area (Å²) in [6.45, 7) is 1.53. The minimum Gasteiger partial charge on any atom is -0.308 e. The summed E-state index contributed by atoms with van der Waals surface area (Å²) < 4.78 is 3.21. The summed E-state index contributed by atoms with van der Waals surface area (Å²) in [7, 11) is 0. The first kappa shape index (κ1) is 15.1. The summed E-state index contributed by atoms with van der Waals surface area (Å²) in [5, 5.41) is 0. The van der Waals surface area contributed by atoms with E-state index in [2.05, 4.69) is 38.7 Å². The smallest absolute Gasteiger partial charge is 0.240 e. The molecule has 25 heavy (non-hydrogen) atoms. The molecule has 2 heterocycles. The molecule has 0 N–H and O–H groups in total. The van der Waals surface area contributed by atoms with E-state index in [1.165, 1.54) is 0 Å². The monoisotopic (exact) mass is 395 g/mol. The van der Waals surface area contributed by atoms with Gasteiger partial charge in [-0.25, -0.2) is 4.98 Å². The Morgan fingerprint density at radius 3 is 2.52 bits per heavy atom. The maximum Gasteiger partial charge on any atom is 0.240 e. The second-order valence-corrected chi connectivity index (χ2v) is 7.87. The lowest BCUT2D eigenvalue weighted by molar-refractivity contribution is -0.127. The second kappa shape index (κ2) is 5.43. The molecule has 5 heteroatoms. The number of benzene rings is 2. The first-order valence-electron chi connectivity index (χ1n) is 8.72. The van der Waals surface area contributed by atoms with Crippen molar-refractivity contribution in [2.24, 2.45) is 0 Å². The summed E-state index contributed by atoms with van der Waals surface area (Å²) in [5.74, 6) is 1.00. The molecule has 1 fully saturated rings. The Bertz CT molecular complexity index is 972. The number of fused-ring (bicyclic) bond motifs is 3. The van der Waals surface area contributed by atoms with Crippen LogP contribution < -0.4 is 4.90 Å². The fourth-order valence-electron chi connectivity index (χ4n) is 4.17. The number of hydrogen-bond donors (Lipinski definition) is 0. The van der Waals surface area contributed by atoms with Gasteiger partial charge in [-0.1, -0.05) is 46.6 Å². The summed E-state index contributed by atoms with van der Waals surface area (Å²) in [4.78, 5) is 20.2. The van der Waals surface area contributed by atoms with Crippen LogP contribution in [0.4, 0.5) is 5.95 Å². The van der Waals surface area contributed by atoms with E-state index in [0.717, 1.165) is 52.8 Å². The average Bonchev–Trinajstić information content (AvgIpc) is 3.14. The van der Waals surface area contributed by atoms with Crippen molar-refractivity contribution in [3.63, 3.8) is 0 Å². The zero-order valence-corrected chi connectivity index (χ0v) is 15.4. The van der Waals surface area contributed by atoms with Gasteiger partial charge in [-0.3, -0.25) is 9.69 Å². The zero-order valence-electron chi connectivity index (χ0n) is 13.8. The molecule has 3 aromatic rings. The van der Waals surface area contributed by atoms with Gasteiger partial charge in [0.1, 0.15) is 0 Å². The predicted molar refractivity (Wildman–Crippen MR) is 102 cm³/mol. The van der Waals surface area contributed by atoms with E-state index in [1.54, 1.807) is 0 Å². The fourth-order valence-corrected chi connectivity index (χ4v) is 4.43. The molecule has 0 radical (unpaired) electrons. The SMILES string of the molecule is O=C(N1CCn2c1nc1ccccc12)C1(c2ccc(Br)cc2)CCC1. The van der Waals surface area contributed by atoms with Crippen molar-refractivity contribution in [1.82, 2.24) is 9.55 Å². The molecule has 2 aromatic carbocycles. The van der Waals surface area contributed by atoms with Gasteiger partial charge in [-0.2, -0.15) is 0 Å². The second-order valence-electron chi connectivity index (χ2n) is 6.95. The number of para-hydroxylation sites is 2. The maximum absolute atomic E-state index is 13.5. The third-order valence-electron chi connectivity index (χ3n) is 5.68. The van der Waals surface area contributed by atoms with Gasteiger partial charge in [-0.05, 0) is 42.7 Å². The number of anilines is 1. The number of carbonyl (C=O) groups excluding carboxylic acids is 1. The van der Waals surface area contributed by atoms with Gasteiger partial charge in [0.2, 0.25) is 11.9 Å². The largest absolute Gasteiger partial charge is 0.308 e. The number of aromatic nitrogens is 2. The number of carbonyl (C=O) groups is 1. The lowest BCUT2D eigenvalue weighted by atomic mass is 9.63. The summed E-state index contributed by atoms with van der Waals surface area (Å²) in [6, 6.07) is 16.3. The molecule has 1 aliphatic carbocycles. The molecule has 4 nitrogen and oxygen atoms in total. The average molecular weight is 396 g/mol. The molecule has 0 atom stereocenters. The zero-order chi connectivity index (χ0) is 17.0. The molecule has 1 amide bonds. The van der Waals surface area contributed by atoms with Gasteiger partial charge in [0.25, 0.3) is 0 Å². The number of rotatable bonds is 2. The van der Waals surface area contributed by atoms with E-state index in [1.807, 2.05) is 35.2 Å². The van der Waals surface area contributed by atoms with Gasteiger partial charge in [0.05, 0.1) is 16.4 Å². The normalized spacial score (nSPS) is 18.2. The standard InChI is InChI=1S/C20H18BrN3O/c21-15-8-6-14(7-9-15)20(10-3-11-20)18(25)24-13-12-23-17-5-2-1-4-16(17)22-19(23)24/h1-2,4-9H,3,10-13H2. The molecule has 1 aliphatic heterocycles. The molecule has 0 unspecified atom stereocenters. The van der Waals surface area contributed by atoms with Crippen molar-refractivity contribution in [2.45, 2.75) is 31.2 Å². The van der Waals surface area contributed by atoms with Crippen molar-refractivity contribution >= 4 is 38.8 Å². The Hall–Kier alpha value is -2.14. The Morgan fingerprint density at radius 1 is 1.04 bits per heavy atom. The van der Waals surface area contributed by atoms with Crippen LogP contribution in [-0.4, -0.2) is 22.0 Å². The summed E-state index contributed by atoms with van der Waals surface area (Å²) in [6.07, 6.45) is 2.94. The Labute approximate surface area is 154 Å². The van der Waals surface area contributed by atoms with E-state index >= 15 is 0 Å². The molecule has 5 rings (SSSR count). The lowest BCUT2D eigenvalue weighted by Gasteiger charge is -2.42. The number of imidazole rings is 1. The van der Waals surface area contributed by atoms with E-state index in [0.29, 0.717) is 6.54 Å². The van der Waals surface area contributed by atoms with Crippen molar-refractivity contribution in [3.8, 4) is 0 Å². The van der Waals surface area contributed by atoms with Crippen LogP contribution in [-0.2, 0) is 16.8 Å². The van der Waals surface area contributed by atoms with E-state index in [-0.39, 0.29) is 11.3 Å². The molecule has 1 aromatic heterocycles. The topological polar surface area (TPSA) is 38.1 Å². The summed E-state index contributed by atoms with van der Waals surface area (Å²) in [5.41, 5.74) is 2.82. The molecule has 0 spiro atoms. The van der Waals surface area contributed by atoms with Crippen molar-refractivity contribution in [3.05, 3.63) is 58.6 Å². The Balaban J connectivity index is 1.56. The third kappa shape index (κ3) is 2.11. The van der Waals surface area contributed by atoms with Crippen LogP contribution in [0.15, 0.2) is 53.0 Å². The first-order valence-corrected chi connectivity index (χ1v) is 9.52. The van der Waals surface area contributed by atoms with E-state index in [4.69, 9.17) is 4.98 Å². The highest BCUT2D eigenvalue weighted by Gasteiger charge is 2.49. The Kier molecular flexibility index (Phi) is 3.29. The van der Waals surface area contributed by atoms with Gasteiger partial charge >= 0.3 is 0 Å². The minimum atomic E-state index is -0.381. The fraction of sp³-hybridized carbons (Fsp3) is 0.300. The Morgan fingerprint density at radius 2 is 1.80 bits per heavy atom. The van der Waals surface area contributed by atoms with Crippen molar-refractivity contribution in [1.29, 1.82) is 0 Å². The molecule has 0 bridgehead atoms. The molecular weight excluding hydrogens is 378 g/mol. The number of hydrogen-bond acceptors (Lipinski definition) is 2. The van der Waals surface area contributed by atoms with E-state index in [9.17, 15) is 4.79 Å². The molecule has 126 valence electrons. The molecule has 1 saturated carbocycles. The number of nitrogens with zero attached hydrogens (tertiary/aromatic N) is 3. The highest BCUT2D eigenvalue weighted by atomic mass is 79.9. The number of amides is 1. The third-order valence-corrected chi connectivity index (χ3v) is 6.21. The van der Waals surface area contributed by atoms with Crippen molar-refractivity contribution in [2.75, 3.05) is 11.4 Å². The highest BCUT2D eigenvalue weighted by Crippen LogP contribution is 2.46. The lowest BCUT2D eigenvalue weighted by Crippen LogP contribution is -2.51. The molecule has 0 saturated heterocycles. The highest BCUT2D eigenvalue weighted by molar-refractivity contribution is 9.10.